The number of thioether (sulfide) groups is 1. The van der Waals surface area contributed by atoms with Crippen molar-refractivity contribution >= 4 is 28.6 Å². The first-order valence-corrected chi connectivity index (χ1v) is 13.8. The average Bonchev–Trinajstić information content (AvgIpc) is 3.55. The molecule has 1 fully saturated rings. The maximum Gasteiger partial charge on any atom is 0.171 e. The molecule has 3 aromatic heterocycles. The van der Waals surface area contributed by atoms with Crippen molar-refractivity contribution in [1.29, 1.82) is 0 Å². The number of fused-ring (bicyclic) bond motifs is 1. The van der Waals surface area contributed by atoms with Gasteiger partial charge >= 0.3 is 0 Å². The second-order valence-corrected chi connectivity index (χ2v) is 10.5. The first-order chi connectivity index (χ1) is 18.0. The summed E-state index contributed by atoms with van der Waals surface area (Å²) >= 11 is 1.61. The Bertz CT molecular complexity index is 1340. The Morgan fingerprint density at radius 2 is 1.92 bits per heavy atom. The first kappa shape index (κ1) is 25.7. The van der Waals surface area contributed by atoms with E-state index in [9.17, 15) is 10.2 Å². The van der Waals surface area contributed by atoms with Gasteiger partial charge in [-0.05, 0) is 25.3 Å². The molecule has 37 heavy (non-hydrogen) atoms. The molecule has 1 aliphatic heterocycles. The molecule has 5 rings (SSSR count). The van der Waals surface area contributed by atoms with E-state index in [-0.39, 0.29) is 0 Å². The molecule has 1 aliphatic rings. The summed E-state index contributed by atoms with van der Waals surface area (Å²) in [6.07, 6.45) is 3.98. The maximum atomic E-state index is 10.9. The van der Waals surface area contributed by atoms with Crippen LogP contribution in [0.4, 0.5) is 5.82 Å². The van der Waals surface area contributed by atoms with Crippen LogP contribution in [-0.2, 0) is 16.9 Å². The van der Waals surface area contributed by atoms with Crippen LogP contribution in [0.3, 0.4) is 0 Å². The smallest absolute Gasteiger partial charge is 0.171 e. The van der Waals surface area contributed by atoms with Crippen LogP contribution in [0.1, 0.15) is 49.2 Å². The number of nitrogens with zero attached hydrogens (tertiary/aromatic N) is 4. The molecule has 1 saturated heterocycles. The highest BCUT2D eigenvalue weighted by atomic mass is 32.2. The average molecular weight is 524 g/mol. The summed E-state index contributed by atoms with van der Waals surface area (Å²) in [5, 5.41) is 26.7. The van der Waals surface area contributed by atoms with Gasteiger partial charge in [0.1, 0.15) is 30.0 Å². The summed E-state index contributed by atoms with van der Waals surface area (Å²) < 4.78 is 13.6. The van der Waals surface area contributed by atoms with Gasteiger partial charge in [-0.1, -0.05) is 55.3 Å². The zero-order chi connectivity index (χ0) is 25.9. The summed E-state index contributed by atoms with van der Waals surface area (Å²) in [6.45, 7) is 4.09. The number of hydrogen-bond acceptors (Lipinski definition) is 9. The molecule has 0 aliphatic carbocycles. The summed E-state index contributed by atoms with van der Waals surface area (Å²) in [5.74, 6) is 2.30. The highest BCUT2D eigenvalue weighted by molar-refractivity contribution is 7.98. The Morgan fingerprint density at radius 1 is 1.11 bits per heavy atom. The maximum absolute atomic E-state index is 10.9. The second-order valence-electron chi connectivity index (χ2n) is 9.48. The molecule has 196 valence electrons. The molecule has 0 amide bonds. The number of aliphatic hydroxyl groups is 2. The number of ether oxygens (including phenoxy) is 1. The van der Waals surface area contributed by atoms with Crippen molar-refractivity contribution in [3.05, 3.63) is 59.7 Å². The van der Waals surface area contributed by atoms with Crippen molar-refractivity contribution in [2.45, 2.75) is 69.8 Å². The lowest BCUT2D eigenvalue weighted by atomic mass is 10.1. The standard InChI is InChI=1S/C27H33N5O4S/c1-3-4-6-11-18-12-32(26-21(18)25(28)29-15-30-26)27-23(34)22(33)20(35-27)14-37-13-19-16(2)31-36-24(19)17-9-7-5-8-10-17/h5,7-10,12,15,20,22-23,27,33-34H,3-4,6,11,13-14H2,1-2H3,(H2,28,29,30)/t20-,22-,23-,27-/m1/s1. The van der Waals surface area contributed by atoms with Gasteiger partial charge < -0.3 is 29.8 Å². The van der Waals surface area contributed by atoms with Crippen molar-refractivity contribution in [1.82, 2.24) is 19.7 Å². The number of hydrogen-bond donors (Lipinski definition) is 3. The van der Waals surface area contributed by atoms with Crippen LogP contribution in [0, 0.1) is 6.92 Å². The molecule has 0 unspecified atom stereocenters. The van der Waals surface area contributed by atoms with E-state index in [1.54, 1.807) is 16.3 Å². The predicted molar refractivity (Wildman–Crippen MR) is 144 cm³/mol. The van der Waals surface area contributed by atoms with Crippen LogP contribution in [0.15, 0.2) is 47.4 Å². The minimum atomic E-state index is -1.10. The fraction of sp³-hybridized carbons (Fsp3) is 0.444. The number of nitrogen functional groups attached to an aromatic ring is 1. The number of aryl methyl sites for hydroxylation is 2. The highest BCUT2D eigenvalue weighted by Gasteiger charge is 2.44. The van der Waals surface area contributed by atoms with Crippen LogP contribution in [0.5, 0.6) is 0 Å². The normalized spacial score (nSPS) is 21.7. The quantitative estimate of drug-likeness (QED) is 0.261. The van der Waals surface area contributed by atoms with Crippen LogP contribution in [0.2, 0.25) is 0 Å². The molecular weight excluding hydrogens is 490 g/mol. The topological polar surface area (TPSA) is 132 Å². The third kappa shape index (κ3) is 5.11. The summed E-state index contributed by atoms with van der Waals surface area (Å²) in [6, 6.07) is 9.88. The van der Waals surface area contributed by atoms with E-state index in [2.05, 4.69) is 22.0 Å². The van der Waals surface area contributed by atoms with Crippen molar-refractivity contribution in [3.8, 4) is 11.3 Å². The van der Waals surface area contributed by atoms with Gasteiger partial charge in [0.15, 0.2) is 12.0 Å². The summed E-state index contributed by atoms with van der Waals surface area (Å²) in [7, 11) is 0. The molecule has 0 bridgehead atoms. The van der Waals surface area contributed by atoms with E-state index >= 15 is 0 Å². The molecule has 0 radical (unpaired) electrons. The van der Waals surface area contributed by atoms with Crippen molar-refractivity contribution in [2.75, 3.05) is 11.5 Å². The van der Waals surface area contributed by atoms with Gasteiger partial charge in [0, 0.05) is 28.8 Å². The number of anilines is 1. The molecule has 4 aromatic rings. The Labute approximate surface area is 220 Å². The third-order valence-corrected chi connectivity index (χ3v) is 7.98. The Morgan fingerprint density at radius 3 is 2.70 bits per heavy atom. The molecule has 9 nitrogen and oxygen atoms in total. The van der Waals surface area contributed by atoms with E-state index in [0.29, 0.717) is 23.0 Å². The van der Waals surface area contributed by atoms with Gasteiger partial charge in [-0.3, -0.25) is 0 Å². The lowest BCUT2D eigenvalue weighted by Gasteiger charge is -2.17. The third-order valence-electron chi connectivity index (χ3n) is 6.93. The van der Waals surface area contributed by atoms with Gasteiger partial charge in [0.25, 0.3) is 0 Å². The molecular formula is C27H33N5O4S. The van der Waals surface area contributed by atoms with E-state index in [1.165, 1.54) is 6.33 Å². The van der Waals surface area contributed by atoms with Crippen molar-refractivity contribution in [3.63, 3.8) is 0 Å². The zero-order valence-corrected chi connectivity index (χ0v) is 21.9. The number of aromatic nitrogens is 4. The largest absolute Gasteiger partial charge is 0.387 e. The predicted octanol–water partition coefficient (Wildman–Crippen LogP) is 4.26. The fourth-order valence-electron chi connectivity index (χ4n) is 4.88. The zero-order valence-electron chi connectivity index (χ0n) is 21.1. The van der Waals surface area contributed by atoms with Gasteiger partial charge in [0.2, 0.25) is 0 Å². The Hall–Kier alpha value is -2.92. The van der Waals surface area contributed by atoms with Crippen LogP contribution in [-0.4, -0.2) is 54.0 Å². The lowest BCUT2D eigenvalue weighted by Crippen LogP contribution is -2.32. The fourth-order valence-corrected chi connectivity index (χ4v) is 6.05. The summed E-state index contributed by atoms with van der Waals surface area (Å²) in [5.41, 5.74) is 10.7. The SMILES string of the molecule is CCCCCc1cn([C@@H]2O[C@H](CSCc3c(C)noc3-c3ccccc3)[C@@H](O)[C@H]2O)c2ncnc(N)c12. The lowest BCUT2D eigenvalue weighted by molar-refractivity contribution is -0.0286. The molecule has 4 atom stereocenters. The van der Waals surface area contributed by atoms with E-state index in [0.717, 1.165) is 59.2 Å². The molecule has 0 saturated carbocycles. The minimum absolute atomic E-state index is 0.411. The number of aliphatic hydroxyl groups excluding tert-OH is 2. The van der Waals surface area contributed by atoms with Crippen molar-refractivity contribution in [2.24, 2.45) is 0 Å². The highest BCUT2D eigenvalue weighted by Crippen LogP contribution is 2.37. The summed E-state index contributed by atoms with van der Waals surface area (Å²) in [4.78, 5) is 8.61. The van der Waals surface area contributed by atoms with Gasteiger partial charge in [-0.2, -0.15) is 11.8 Å². The molecule has 1 aromatic carbocycles. The Balaban J connectivity index is 1.31. The van der Waals surface area contributed by atoms with E-state index in [4.69, 9.17) is 15.0 Å². The number of unbranched alkanes of at least 4 members (excludes halogenated alkanes) is 2. The van der Waals surface area contributed by atoms with Crippen molar-refractivity contribution < 1.29 is 19.5 Å². The van der Waals surface area contributed by atoms with Crippen LogP contribution < -0.4 is 5.73 Å². The van der Waals surface area contributed by atoms with E-state index < -0.39 is 24.5 Å². The second kappa shape index (κ2) is 11.2. The van der Waals surface area contributed by atoms with Crippen LogP contribution >= 0.6 is 11.8 Å². The Kier molecular flexibility index (Phi) is 7.80. The molecule has 4 N–H and O–H groups in total. The number of nitrogens with two attached hydrogens (primary N) is 1. The molecule has 4 heterocycles. The molecule has 0 spiro atoms. The molecule has 10 heteroatoms. The number of rotatable bonds is 10. The van der Waals surface area contributed by atoms with Gasteiger partial charge in [0.05, 0.1) is 17.2 Å². The van der Waals surface area contributed by atoms with Gasteiger partial charge in [-0.25, -0.2) is 9.97 Å². The number of benzene rings is 1. The van der Waals surface area contributed by atoms with Crippen LogP contribution in [0.25, 0.3) is 22.4 Å². The monoisotopic (exact) mass is 523 g/mol. The van der Waals surface area contributed by atoms with E-state index in [1.807, 2.05) is 43.5 Å². The first-order valence-electron chi connectivity index (χ1n) is 12.7. The van der Waals surface area contributed by atoms with Gasteiger partial charge in [-0.15, -0.1) is 0 Å². The minimum Gasteiger partial charge on any atom is -0.387 e.